The van der Waals surface area contributed by atoms with Gasteiger partial charge < -0.3 is 15.1 Å². The van der Waals surface area contributed by atoms with Crippen molar-refractivity contribution >= 4 is 36.0 Å². The van der Waals surface area contributed by atoms with Crippen molar-refractivity contribution in [2.75, 3.05) is 44.2 Å². The lowest BCUT2D eigenvalue weighted by molar-refractivity contribution is -0.143. The lowest BCUT2D eigenvalue weighted by Gasteiger charge is -2.32. The van der Waals surface area contributed by atoms with Crippen LogP contribution in [0.15, 0.2) is 0 Å². The van der Waals surface area contributed by atoms with Crippen LogP contribution in [0.2, 0.25) is 0 Å². The SMILES string of the molecule is Cl.O=C(C1CCCN1C(=O)CCC1CCNC1)N1CCSCC1. The molecule has 0 spiro atoms. The van der Waals surface area contributed by atoms with Gasteiger partial charge in [0.05, 0.1) is 0 Å². The Kier molecular flexibility index (Phi) is 7.50. The number of likely N-dealkylation sites (tertiary alicyclic amines) is 1. The molecule has 2 unspecified atom stereocenters. The molecule has 0 aromatic carbocycles. The summed E-state index contributed by atoms with van der Waals surface area (Å²) < 4.78 is 0. The number of rotatable bonds is 4. The van der Waals surface area contributed by atoms with Crippen molar-refractivity contribution in [3.63, 3.8) is 0 Å². The summed E-state index contributed by atoms with van der Waals surface area (Å²) in [5.74, 6) is 3.07. The molecule has 3 aliphatic heterocycles. The number of thioether (sulfide) groups is 1. The van der Waals surface area contributed by atoms with Crippen molar-refractivity contribution < 1.29 is 9.59 Å². The van der Waals surface area contributed by atoms with Crippen LogP contribution in [0.4, 0.5) is 0 Å². The van der Waals surface area contributed by atoms with Crippen LogP contribution >= 0.6 is 24.2 Å². The van der Waals surface area contributed by atoms with Crippen molar-refractivity contribution in [3.8, 4) is 0 Å². The smallest absolute Gasteiger partial charge is 0.245 e. The van der Waals surface area contributed by atoms with E-state index in [1.54, 1.807) is 0 Å². The second-order valence-corrected chi connectivity index (χ2v) is 7.81. The maximum atomic E-state index is 12.7. The van der Waals surface area contributed by atoms with Gasteiger partial charge in [-0.1, -0.05) is 0 Å². The molecule has 3 heterocycles. The summed E-state index contributed by atoms with van der Waals surface area (Å²) in [6.45, 7) is 4.57. The first-order chi connectivity index (χ1) is 10.8. The third kappa shape index (κ3) is 4.77. The van der Waals surface area contributed by atoms with Crippen LogP contribution in [-0.4, -0.2) is 71.9 Å². The summed E-state index contributed by atoms with van der Waals surface area (Å²) in [4.78, 5) is 29.1. The average molecular weight is 362 g/mol. The summed E-state index contributed by atoms with van der Waals surface area (Å²) in [5, 5.41) is 3.35. The summed E-state index contributed by atoms with van der Waals surface area (Å²) in [6, 6.07) is -0.183. The molecule has 0 saturated carbocycles. The Morgan fingerprint density at radius 2 is 1.91 bits per heavy atom. The minimum atomic E-state index is -0.183. The summed E-state index contributed by atoms with van der Waals surface area (Å²) in [6.07, 6.45) is 4.56. The van der Waals surface area contributed by atoms with Crippen molar-refractivity contribution in [2.45, 2.75) is 38.1 Å². The van der Waals surface area contributed by atoms with Crippen LogP contribution in [0.25, 0.3) is 0 Å². The lowest BCUT2D eigenvalue weighted by Crippen LogP contribution is -2.50. The third-order valence-corrected chi connectivity index (χ3v) is 6.05. The molecule has 3 fully saturated rings. The number of nitrogens with zero attached hydrogens (tertiary/aromatic N) is 2. The molecule has 0 radical (unpaired) electrons. The van der Waals surface area contributed by atoms with E-state index in [0.29, 0.717) is 12.3 Å². The van der Waals surface area contributed by atoms with Crippen molar-refractivity contribution in [1.29, 1.82) is 0 Å². The fraction of sp³-hybridized carbons (Fsp3) is 0.875. The maximum absolute atomic E-state index is 12.7. The second kappa shape index (κ2) is 9.14. The zero-order chi connectivity index (χ0) is 15.4. The quantitative estimate of drug-likeness (QED) is 0.821. The predicted octanol–water partition coefficient (Wildman–Crippen LogP) is 1.36. The zero-order valence-electron chi connectivity index (χ0n) is 13.7. The molecule has 2 amide bonds. The van der Waals surface area contributed by atoms with E-state index in [2.05, 4.69) is 5.32 Å². The second-order valence-electron chi connectivity index (χ2n) is 6.58. The average Bonchev–Trinajstić information content (AvgIpc) is 3.24. The van der Waals surface area contributed by atoms with E-state index in [-0.39, 0.29) is 30.3 Å². The zero-order valence-corrected chi connectivity index (χ0v) is 15.3. The molecule has 0 aromatic rings. The van der Waals surface area contributed by atoms with E-state index >= 15 is 0 Å². The Balaban J connectivity index is 0.00000192. The van der Waals surface area contributed by atoms with Crippen LogP contribution in [0.1, 0.15) is 32.1 Å². The van der Waals surface area contributed by atoms with Gasteiger partial charge in [0, 0.05) is 37.6 Å². The predicted molar refractivity (Wildman–Crippen MR) is 96.1 cm³/mol. The summed E-state index contributed by atoms with van der Waals surface area (Å²) in [7, 11) is 0. The van der Waals surface area contributed by atoms with E-state index in [1.807, 2.05) is 21.6 Å². The van der Waals surface area contributed by atoms with Gasteiger partial charge in [-0.2, -0.15) is 11.8 Å². The van der Waals surface area contributed by atoms with Crippen LogP contribution in [0, 0.1) is 5.92 Å². The Morgan fingerprint density at radius 1 is 1.13 bits per heavy atom. The van der Waals surface area contributed by atoms with Gasteiger partial charge in [-0.05, 0) is 44.7 Å². The van der Waals surface area contributed by atoms with Gasteiger partial charge in [0.2, 0.25) is 11.8 Å². The van der Waals surface area contributed by atoms with Gasteiger partial charge >= 0.3 is 0 Å². The van der Waals surface area contributed by atoms with Crippen LogP contribution in [-0.2, 0) is 9.59 Å². The van der Waals surface area contributed by atoms with Gasteiger partial charge in [-0.3, -0.25) is 9.59 Å². The number of amides is 2. The molecular weight excluding hydrogens is 334 g/mol. The number of halogens is 1. The molecule has 0 bridgehead atoms. The number of hydrogen-bond acceptors (Lipinski definition) is 4. The first-order valence-electron chi connectivity index (χ1n) is 8.62. The Hall–Kier alpha value is -0.460. The van der Waals surface area contributed by atoms with E-state index in [1.165, 1.54) is 6.42 Å². The molecule has 5 nitrogen and oxygen atoms in total. The molecule has 3 saturated heterocycles. The molecule has 23 heavy (non-hydrogen) atoms. The van der Waals surface area contributed by atoms with Crippen molar-refractivity contribution in [2.24, 2.45) is 5.92 Å². The fourth-order valence-electron chi connectivity index (χ4n) is 3.75. The molecule has 132 valence electrons. The highest BCUT2D eigenvalue weighted by Gasteiger charge is 2.36. The van der Waals surface area contributed by atoms with E-state index in [9.17, 15) is 9.59 Å². The maximum Gasteiger partial charge on any atom is 0.245 e. The molecule has 7 heteroatoms. The Morgan fingerprint density at radius 3 is 2.61 bits per heavy atom. The topological polar surface area (TPSA) is 52.7 Å². The molecule has 2 atom stereocenters. The highest BCUT2D eigenvalue weighted by Crippen LogP contribution is 2.23. The number of nitrogens with one attached hydrogen (secondary N) is 1. The monoisotopic (exact) mass is 361 g/mol. The van der Waals surface area contributed by atoms with Gasteiger partial charge in [0.15, 0.2) is 0 Å². The normalized spacial score (nSPS) is 27.8. The van der Waals surface area contributed by atoms with Gasteiger partial charge in [0.1, 0.15) is 6.04 Å². The van der Waals surface area contributed by atoms with Crippen LogP contribution in [0.3, 0.4) is 0 Å². The van der Waals surface area contributed by atoms with Crippen molar-refractivity contribution in [1.82, 2.24) is 15.1 Å². The summed E-state index contributed by atoms with van der Waals surface area (Å²) in [5.41, 5.74) is 0. The minimum Gasteiger partial charge on any atom is -0.339 e. The third-order valence-electron chi connectivity index (χ3n) is 5.11. The Labute approximate surface area is 149 Å². The largest absolute Gasteiger partial charge is 0.339 e. The molecule has 3 aliphatic rings. The van der Waals surface area contributed by atoms with Crippen molar-refractivity contribution in [3.05, 3.63) is 0 Å². The fourth-order valence-corrected chi connectivity index (χ4v) is 4.65. The summed E-state index contributed by atoms with van der Waals surface area (Å²) >= 11 is 1.91. The molecular formula is C16H28ClN3O2S. The number of carbonyl (C=O) groups excluding carboxylic acids is 2. The van der Waals surface area contributed by atoms with E-state index < -0.39 is 0 Å². The molecule has 3 rings (SSSR count). The number of carbonyl (C=O) groups is 2. The van der Waals surface area contributed by atoms with E-state index in [0.717, 1.165) is 63.5 Å². The standard InChI is InChI=1S/C16H27N3O2S.ClH/c20-15(4-3-13-5-6-17-12-13)19-7-1-2-14(19)16(21)18-8-10-22-11-9-18;/h13-14,17H,1-12H2;1H. The van der Waals surface area contributed by atoms with Gasteiger partial charge in [-0.15, -0.1) is 12.4 Å². The highest BCUT2D eigenvalue weighted by molar-refractivity contribution is 7.99. The van der Waals surface area contributed by atoms with Crippen LogP contribution in [0.5, 0.6) is 0 Å². The first-order valence-corrected chi connectivity index (χ1v) is 9.78. The molecule has 0 aliphatic carbocycles. The molecule has 0 aromatic heterocycles. The first kappa shape index (κ1) is 18.9. The van der Waals surface area contributed by atoms with Crippen LogP contribution < -0.4 is 5.32 Å². The highest BCUT2D eigenvalue weighted by atomic mass is 35.5. The van der Waals surface area contributed by atoms with Gasteiger partial charge in [0.25, 0.3) is 0 Å². The molecule has 1 N–H and O–H groups in total. The Bertz CT molecular complexity index is 412. The van der Waals surface area contributed by atoms with E-state index in [4.69, 9.17) is 0 Å². The van der Waals surface area contributed by atoms with Gasteiger partial charge in [-0.25, -0.2) is 0 Å². The minimum absolute atomic E-state index is 0. The number of hydrogen-bond donors (Lipinski definition) is 1. The lowest BCUT2D eigenvalue weighted by atomic mass is 10.0.